The number of hydrogen-bond acceptors (Lipinski definition) is 4. The van der Waals surface area contributed by atoms with Gasteiger partial charge >= 0.3 is 0 Å². The largest absolute Gasteiger partial charge is 0.507 e. The molecular formula is C17H18N2O3. The lowest BCUT2D eigenvalue weighted by atomic mass is 10.1. The summed E-state index contributed by atoms with van der Waals surface area (Å²) in [5.74, 6) is 0.375. The number of nitrogens with zero attached hydrogens (tertiary/aromatic N) is 1. The maximum atomic E-state index is 11.6. The molecule has 0 unspecified atom stereocenters. The maximum absolute atomic E-state index is 11.6. The fraction of sp³-hybridized carbons (Fsp3) is 0.176. The first kappa shape index (κ1) is 15.6. The lowest BCUT2D eigenvalue weighted by molar-refractivity contribution is -0.123. The van der Waals surface area contributed by atoms with Crippen molar-refractivity contribution in [3.8, 4) is 11.5 Å². The summed E-state index contributed by atoms with van der Waals surface area (Å²) >= 11 is 0. The predicted molar refractivity (Wildman–Crippen MR) is 85.3 cm³/mol. The number of phenols is 1. The van der Waals surface area contributed by atoms with Crippen LogP contribution < -0.4 is 10.2 Å². The summed E-state index contributed by atoms with van der Waals surface area (Å²) in [6, 6.07) is 12.4. The highest BCUT2D eigenvalue weighted by molar-refractivity contribution is 5.85. The normalized spacial score (nSPS) is 10.6. The standard InChI is InChI=1S/C17H18N2O3/c1-12-7-8-15(9-13(12)2)22-11-17(21)19-18-10-14-5-3-4-6-16(14)20/h3-10,20H,11H2,1-2H3,(H,19,21)/b18-10-. The second-order valence-corrected chi connectivity index (χ2v) is 4.89. The summed E-state index contributed by atoms with van der Waals surface area (Å²) in [4.78, 5) is 11.6. The van der Waals surface area contributed by atoms with Crippen LogP contribution in [0.15, 0.2) is 47.6 Å². The molecule has 5 heteroatoms. The molecule has 0 bridgehead atoms. The Kier molecular flexibility index (Phi) is 5.14. The first-order valence-electron chi connectivity index (χ1n) is 6.86. The van der Waals surface area contributed by atoms with Crippen LogP contribution in [0, 0.1) is 13.8 Å². The molecule has 0 atom stereocenters. The minimum absolute atomic E-state index is 0.104. The van der Waals surface area contributed by atoms with Gasteiger partial charge in [0.15, 0.2) is 6.61 Å². The third kappa shape index (κ3) is 4.34. The van der Waals surface area contributed by atoms with E-state index in [0.29, 0.717) is 11.3 Å². The number of aromatic hydroxyl groups is 1. The third-order valence-corrected chi connectivity index (χ3v) is 3.18. The lowest BCUT2D eigenvalue weighted by Crippen LogP contribution is -2.24. The number of nitrogens with one attached hydrogen (secondary N) is 1. The third-order valence-electron chi connectivity index (χ3n) is 3.18. The molecule has 0 aliphatic heterocycles. The monoisotopic (exact) mass is 298 g/mol. The zero-order valence-electron chi connectivity index (χ0n) is 12.5. The first-order chi connectivity index (χ1) is 10.6. The van der Waals surface area contributed by atoms with Gasteiger partial charge in [0.2, 0.25) is 0 Å². The molecule has 1 amide bonds. The Hall–Kier alpha value is -2.82. The molecule has 0 fully saturated rings. The van der Waals surface area contributed by atoms with Crippen LogP contribution >= 0.6 is 0 Å². The molecule has 2 aromatic rings. The van der Waals surface area contributed by atoms with E-state index in [4.69, 9.17) is 4.74 Å². The number of amides is 1. The fourth-order valence-electron chi connectivity index (χ4n) is 1.76. The molecular weight excluding hydrogens is 280 g/mol. The van der Waals surface area contributed by atoms with Gasteiger partial charge in [0.25, 0.3) is 5.91 Å². The molecule has 0 saturated carbocycles. The second kappa shape index (κ2) is 7.26. The van der Waals surface area contributed by atoms with Gasteiger partial charge in [-0.05, 0) is 49.2 Å². The number of hydrazone groups is 1. The average molecular weight is 298 g/mol. The number of phenolic OH excluding ortho intramolecular Hbond substituents is 1. The SMILES string of the molecule is Cc1ccc(OCC(=O)N/N=C\c2ccccc2O)cc1C. The molecule has 2 rings (SSSR count). The number of aryl methyl sites for hydroxylation is 2. The molecule has 2 N–H and O–H groups in total. The molecule has 0 aliphatic carbocycles. The van der Waals surface area contributed by atoms with Gasteiger partial charge in [-0.1, -0.05) is 18.2 Å². The molecule has 114 valence electrons. The highest BCUT2D eigenvalue weighted by Gasteiger charge is 2.03. The van der Waals surface area contributed by atoms with Crippen molar-refractivity contribution in [2.45, 2.75) is 13.8 Å². The Labute approximate surface area is 129 Å². The van der Waals surface area contributed by atoms with Gasteiger partial charge in [-0.3, -0.25) is 4.79 Å². The number of benzene rings is 2. The van der Waals surface area contributed by atoms with Crippen molar-refractivity contribution in [3.63, 3.8) is 0 Å². The zero-order valence-corrected chi connectivity index (χ0v) is 12.5. The van der Waals surface area contributed by atoms with E-state index in [-0.39, 0.29) is 18.3 Å². The highest BCUT2D eigenvalue weighted by atomic mass is 16.5. The average Bonchev–Trinajstić information content (AvgIpc) is 2.50. The van der Waals surface area contributed by atoms with Gasteiger partial charge in [0.05, 0.1) is 6.21 Å². The Bertz CT molecular complexity index is 696. The van der Waals surface area contributed by atoms with Crippen LogP contribution in [0.5, 0.6) is 11.5 Å². The maximum Gasteiger partial charge on any atom is 0.277 e. The van der Waals surface area contributed by atoms with Crippen LogP contribution in [0.25, 0.3) is 0 Å². The van der Waals surface area contributed by atoms with E-state index >= 15 is 0 Å². The van der Waals surface area contributed by atoms with Gasteiger partial charge in [-0.2, -0.15) is 5.10 Å². The Morgan fingerprint density at radius 2 is 2.00 bits per heavy atom. The highest BCUT2D eigenvalue weighted by Crippen LogP contribution is 2.16. The molecule has 0 spiro atoms. The summed E-state index contributed by atoms with van der Waals surface area (Å²) in [5.41, 5.74) is 5.15. The fourth-order valence-corrected chi connectivity index (χ4v) is 1.76. The number of rotatable bonds is 5. The second-order valence-electron chi connectivity index (χ2n) is 4.89. The van der Waals surface area contributed by atoms with Crippen LogP contribution in [-0.4, -0.2) is 23.8 Å². The van der Waals surface area contributed by atoms with E-state index in [1.807, 2.05) is 32.0 Å². The van der Waals surface area contributed by atoms with Crippen molar-refractivity contribution in [1.29, 1.82) is 0 Å². The van der Waals surface area contributed by atoms with Crippen molar-refractivity contribution in [3.05, 3.63) is 59.2 Å². The zero-order chi connectivity index (χ0) is 15.9. The Balaban J connectivity index is 1.83. The van der Waals surface area contributed by atoms with Gasteiger partial charge in [0.1, 0.15) is 11.5 Å². The van der Waals surface area contributed by atoms with Crippen LogP contribution in [0.4, 0.5) is 0 Å². The van der Waals surface area contributed by atoms with Crippen LogP contribution in [0.2, 0.25) is 0 Å². The van der Waals surface area contributed by atoms with E-state index in [1.165, 1.54) is 11.8 Å². The van der Waals surface area contributed by atoms with Crippen LogP contribution in [-0.2, 0) is 4.79 Å². The number of carbonyl (C=O) groups excluding carboxylic acids is 1. The lowest BCUT2D eigenvalue weighted by Gasteiger charge is -2.07. The minimum Gasteiger partial charge on any atom is -0.507 e. The molecule has 22 heavy (non-hydrogen) atoms. The van der Waals surface area contributed by atoms with Crippen molar-refractivity contribution >= 4 is 12.1 Å². The van der Waals surface area contributed by atoms with E-state index in [0.717, 1.165) is 5.56 Å². The van der Waals surface area contributed by atoms with Crippen molar-refractivity contribution in [2.75, 3.05) is 6.61 Å². The molecule has 2 aromatic carbocycles. The molecule has 0 saturated heterocycles. The molecule has 0 aromatic heterocycles. The van der Waals surface area contributed by atoms with Gasteiger partial charge in [-0.15, -0.1) is 0 Å². The number of para-hydroxylation sites is 1. The summed E-state index contributed by atoms with van der Waals surface area (Å²) in [5, 5.41) is 13.3. The number of ether oxygens (including phenoxy) is 1. The van der Waals surface area contributed by atoms with Gasteiger partial charge < -0.3 is 9.84 Å². The molecule has 0 aliphatic rings. The molecule has 5 nitrogen and oxygen atoms in total. The topological polar surface area (TPSA) is 70.9 Å². The summed E-state index contributed by atoms with van der Waals surface area (Å²) in [7, 11) is 0. The summed E-state index contributed by atoms with van der Waals surface area (Å²) < 4.78 is 5.39. The van der Waals surface area contributed by atoms with E-state index in [2.05, 4.69) is 10.5 Å². The van der Waals surface area contributed by atoms with Crippen molar-refractivity contribution < 1.29 is 14.6 Å². The van der Waals surface area contributed by atoms with Gasteiger partial charge in [-0.25, -0.2) is 5.43 Å². The summed E-state index contributed by atoms with van der Waals surface area (Å²) in [6.45, 7) is 3.87. The molecule has 0 radical (unpaired) electrons. The Morgan fingerprint density at radius 3 is 2.73 bits per heavy atom. The number of carbonyl (C=O) groups is 1. The number of hydrogen-bond donors (Lipinski definition) is 2. The smallest absolute Gasteiger partial charge is 0.277 e. The van der Waals surface area contributed by atoms with Gasteiger partial charge in [0, 0.05) is 5.56 Å². The first-order valence-corrected chi connectivity index (χ1v) is 6.86. The van der Waals surface area contributed by atoms with E-state index < -0.39 is 0 Å². The predicted octanol–water partition coefficient (Wildman–Crippen LogP) is 2.54. The van der Waals surface area contributed by atoms with E-state index in [9.17, 15) is 9.90 Å². The van der Waals surface area contributed by atoms with Crippen molar-refractivity contribution in [2.24, 2.45) is 5.10 Å². The van der Waals surface area contributed by atoms with Crippen LogP contribution in [0.1, 0.15) is 16.7 Å². The van der Waals surface area contributed by atoms with Crippen LogP contribution in [0.3, 0.4) is 0 Å². The molecule has 0 heterocycles. The quantitative estimate of drug-likeness (QED) is 0.658. The van der Waals surface area contributed by atoms with Crippen molar-refractivity contribution in [1.82, 2.24) is 5.43 Å². The minimum atomic E-state index is -0.370. The summed E-state index contributed by atoms with van der Waals surface area (Å²) in [6.07, 6.45) is 1.38. The Morgan fingerprint density at radius 1 is 1.23 bits per heavy atom. The van der Waals surface area contributed by atoms with E-state index in [1.54, 1.807) is 24.3 Å².